The molecule has 0 atom stereocenters. The van der Waals surface area contributed by atoms with E-state index in [1.54, 1.807) is 12.1 Å². The van der Waals surface area contributed by atoms with Crippen LogP contribution in [0.4, 0.5) is 15.9 Å². The highest BCUT2D eigenvalue weighted by Crippen LogP contribution is 2.13. The van der Waals surface area contributed by atoms with Gasteiger partial charge in [0.2, 0.25) is 0 Å². The lowest BCUT2D eigenvalue weighted by molar-refractivity contribution is 0.102. The van der Waals surface area contributed by atoms with Gasteiger partial charge in [-0.3, -0.25) is 9.78 Å². The monoisotopic (exact) mass is 260 g/mol. The molecule has 0 radical (unpaired) electrons. The Hall–Kier alpha value is -2.50. The molecule has 6 heteroatoms. The predicted molar refractivity (Wildman–Crippen MR) is 70.5 cm³/mol. The molecule has 2 heterocycles. The van der Waals surface area contributed by atoms with Gasteiger partial charge in [0, 0.05) is 18.9 Å². The summed E-state index contributed by atoms with van der Waals surface area (Å²) in [4.78, 5) is 19.6. The molecule has 0 aliphatic rings. The summed E-state index contributed by atoms with van der Waals surface area (Å²) in [5.41, 5.74) is 0.452. The summed E-state index contributed by atoms with van der Waals surface area (Å²) in [6, 6.07) is 4.72. The molecule has 2 rings (SSSR count). The summed E-state index contributed by atoms with van der Waals surface area (Å²) >= 11 is 0. The van der Waals surface area contributed by atoms with Gasteiger partial charge in [-0.05, 0) is 25.1 Å². The van der Waals surface area contributed by atoms with E-state index in [4.69, 9.17) is 0 Å². The van der Waals surface area contributed by atoms with Crippen LogP contribution in [0.2, 0.25) is 0 Å². The number of halogens is 1. The van der Waals surface area contributed by atoms with Gasteiger partial charge in [-0.1, -0.05) is 0 Å². The van der Waals surface area contributed by atoms with E-state index in [0.29, 0.717) is 11.4 Å². The van der Waals surface area contributed by atoms with E-state index in [0.717, 1.165) is 12.7 Å². The number of rotatable bonds is 4. The zero-order chi connectivity index (χ0) is 13.7. The molecule has 0 spiro atoms. The van der Waals surface area contributed by atoms with Crippen molar-refractivity contribution in [2.75, 3.05) is 17.2 Å². The highest BCUT2D eigenvalue weighted by atomic mass is 19.1. The molecule has 5 nitrogen and oxygen atoms in total. The van der Waals surface area contributed by atoms with E-state index in [9.17, 15) is 9.18 Å². The first-order valence-corrected chi connectivity index (χ1v) is 5.81. The van der Waals surface area contributed by atoms with Crippen LogP contribution in [-0.4, -0.2) is 22.4 Å². The van der Waals surface area contributed by atoms with Gasteiger partial charge in [-0.25, -0.2) is 9.37 Å². The summed E-state index contributed by atoms with van der Waals surface area (Å²) in [5.74, 6) is -0.303. The molecule has 0 saturated carbocycles. The van der Waals surface area contributed by atoms with Gasteiger partial charge < -0.3 is 10.6 Å². The summed E-state index contributed by atoms with van der Waals surface area (Å²) in [6.45, 7) is 2.70. The molecular formula is C13H13FN4O. The van der Waals surface area contributed by atoms with Gasteiger partial charge in [-0.15, -0.1) is 0 Å². The average molecular weight is 260 g/mol. The van der Waals surface area contributed by atoms with E-state index in [1.165, 1.54) is 18.5 Å². The van der Waals surface area contributed by atoms with E-state index in [-0.39, 0.29) is 5.69 Å². The van der Waals surface area contributed by atoms with Crippen LogP contribution in [0.5, 0.6) is 0 Å². The third-order valence-corrected chi connectivity index (χ3v) is 2.40. The Kier molecular flexibility index (Phi) is 4.02. The zero-order valence-corrected chi connectivity index (χ0v) is 10.4. The molecule has 0 bridgehead atoms. The molecule has 0 aromatic carbocycles. The minimum atomic E-state index is -0.576. The fourth-order valence-corrected chi connectivity index (χ4v) is 1.48. The summed E-state index contributed by atoms with van der Waals surface area (Å²) in [7, 11) is 0. The second-order valence-electron chi connectivity index (χ2n) is 3.77. The molecule has 2 N–H and O–H groups in total. The standard InChI is InChI=1S/C13H13FN4O/c1-2-16-12-4-3-9(7-17-12)13(19)18-11-5-6-15-8-10(11)14/h3-8H,2H2,1H3,(H,16,17)(H,15,18,19). The van der Waals surface area contributed by atoms with Crippen molar-refractivity contribution < 1.29 is 9.18 Å². The van der Waals surface area contributed by atoms with Crippen molar-refractivity contribution in [3.63, 3.8) is 0 Å². The number of nitrogens with zero attached hydrogens (tertiary/aromatic N) is 2. The minimum absolute atomic E-state index is 0.0933. The van der Waals surface area contributed by atoms with E-state index in [2.05, 4.69) is 20.6 Å². The number of hydrogen-bond acceptors (Lipinski definition) is 4. The van der Waals surface area contributed by atoms with Crippen molar-refractivity contribution in [3.8, 4) is 0 Å². The molecule has 0 unspecified atom stereocenters. The fourth-order valence-electron chi connectivity index (χ4n) is 1.48. The molecule has 2 aromatic heterocycles. The second-order valence-corrected chi connectivity index (χ2v) is 3.77. The number of carbonyl (C=O) groups is 1. The quantitative estimate of drug-likeness (QED) is 0.885. The average Bonchev–Trinajstić information content (AvgIpc) is 2.42. The number of aromatic nitrogens is 2. The molecule has 2 aromatic rings. The van der Waals surface area contributed by atoms with Crippen LogP contribution in [0.25, 0.3) is 0 Å². The van der Waals surface area contributed by atoms with Gasteiger partial charge in [0.25, 0.3) is 5.91 Å². The summed E-state index contributed by atoms with van der Waals surface area (Å²) in [5, 5.41) is 5.48. The molecule has 1 amide bonds. The molecular weight excluding hydrogens is 247 g/mol. The van der Waals surface area contributed by atoms with Crippen molar-refractivity contribution in [3.05, 3.63) is 48.2 Å². The predicted octanol–water partition coefficient (Wildman–Crippen LogP) is 2.30. The van der Waals surface area contributed by atoms with Gasteiger partial charge in [0.1, 0.15) is 5.82 Å². The van der Waals surface area contributed by atoms with Gasteiger partial charge >= 0.3 is 0 Å². The van der Waals surface area contributed by atoms with Crippen LogP contribution < -0.4 is 10.6 Å². The van der Waals surface area contributed by atoms with Crippen molar-refractivity contribution in [2.45, 2.75) is 6.92 Å². The molecule has 0 aliphatic carbocycles. The van der Waals surface area contributed by atoms with Gasteiger partial charge in [0.15, 0.2) is 5.82 Å². The van der Waals surface area contributed by atoms with Crippen LogP contribution >= 0.6 is 0 Å². The number of amides is 1. The summed E-state index contributed by atoms with van der Waals surface area (Å²) < 4.78 is 13.3. The van der Waals surface area contributed by atoms with Crippen LogP contribution in [-0.2, 0) is 0 Å². The Morgan fingerprint density at radius 1 is 1.32 bits per heavy atom. The van der Waals surface area contributed by atoms with Crippen molar-refractivity contribution >= 4 is 17.4 Å². The lowest BCUT2D eigenvalue weighted by Gasteiger charge is -2.06. The Balaban J connectivity index is 2.10. The molecule has 19 heavy (non-hydrogen) atoms. The van der Waals surface area contributed by atoms with Crippen LogP contribution in [0, 0.1) is 5.82 Å². The number of carbonyl (C=O) groups excluding carboxylic acids is 1. The number of pyridine rings is 2. The second kappa shape index (κ2) is 5.90. The third-order valence-electron chi connectivity index (χ3n) is 2.40. The maximum atomic E-state index is 13.3. The number of nitrogens with one attached hydrogen (secondary N) is 2. The Bertz CT molecular complexity index is 571. The molecule has 0 aliphatic heterocycles. The van der Waals surface area contributed by atoms with E-state index >= 15 is 0 Å². The van der Waals surface area contributed by atoms with E-state index in [1.807, 2.05) is 6.92 Å². The van der Waals surface area contributed by atoms with Crippen molar-refractivity contribution in [2.24, 2.45) is 0 Å². The van der Waals surface area contributed by atoms with Crippen molar-refractivity contribution in [1.82, 2.24) is 9.97 Å². The molecule has 0 fully saturated rings. The maximum absolute atomic E-state index is 13.3. The Morgan fingerprint density at radius 3 is 2.79 bits per heavy atom. The van der Waals surface area contributed by atoms with E-state index < -0.39 is 11.7 Å². The highest BCUT2D eigenvalue weighted by molar-refractivity contribution is 6.04. The summed E-state index contributed by atoms with van der Waals surface area (Å²) in [6.07, 6.45) is 3.89. The number of anilines is 2. The first-order chi connectivity index (χ1) is 9.20. The lowest BCUT2D eigenvalue weighted by Crippen LogP contribution is -2.13. The zero-order valence-electron chi connectivity index (χ0n) is 10.4. The normalized spacial score (nSPS) is 10.0. The Labute approximate surface area is 109 Å². The smallest absolute Gasteiger partial charge is 0.257 e. The van der Waals surface area contributed by atoms with Crippen molar-refractivity contribution in [1.29, 1.82) is 0 Å². The molecule has 0 saturated heterocycles. The molecule has 98 valence electrons. The van der Waals surface area contributed by atoms with Gasteiger partial charge in [-0.2, -0.15) is 0 Å². The maximum Gasteiger partial charge on any atom is 0.257 e. The Morgan fingerprint density at radius 2 is 2.16 bits per heavy atom. The van der Waals surface area contributed by atoms with Crippen LogP contribution in [0.3, 0.4) is 0 Å². The minimum Gasteiger partial charge on any atom is -0.370 e. The SMILES string of the molecule is CCNc1ccc(C(=O)Nc2ccncc2F)cn1. The third kappa shape index (κ3) is 3.25. The fraction of sp³-hybridized carbons (Fsp3) is 0.154. The highest BCUT2D eigenvalue weighted by Gasteiger charge is 2.09. The largest absolute Gasteiger partial charge is 0.370 e. The van der Waals surface area contributed by atoms with Gasteiger partial charge in [0.05, 0.1) is 17.4 Å². The topological polar surface area (TPSA) is 66.9 Å². The van der Waals surface area contributed by atoms with Crippen LogP contribution in [0.1, 0.15) is 17.3 Å². The first-order valence-electron chi connectivity index (χ1n) is 5.81. The lowest BCUT2D eigenvalue weighted by atomic mass is 10.2. The number of hydrogen-bond donors (Lipinski definition) is 2. The van der Waals surface area contributed by atoms with Crippen LogP contribution in [0.15, 0.2) is 36.8 Å². The first kappa shape index (κ1) is 12.9.